The van der Waals surface area contributed by atoms with Gasteiger partial charge in [-0.3, -0.25) is 0 Å². The van der Waals surface area contributed by atoms with Crippen LogP contribution in [0.5, 0.6) is 0 Å². The monoisotopic (exact) mass is 242 g/mol. The minimum Gasteiger partial charge on any atom is -0.340 e. The zero-order valence-corrected chi connectivity index (χ0v) is 9.94. The largest absolute Gasteiger partial charge is 0.340 e. The molecule has 2 N–H and O–H groups in total. The topological polar surface area (TPSA) is 61.0 Å². The molecule has 0 unspecified atom stereocenters. The maximum absolute atomic E-state index is 11.7. The van der Waals surface area contributed by atoms with Crippen molar-refractivity contribution in [3.8, 4) is 0 Å². The molecule has 5 nitrogen and oxygen atoms in total. The summed E-state index contributed by atoms with van der Waals surface area (Å²) in [5.74, 6) is 0.805. The van der Waals surface area contributed by atoms with Crippen molar-refractivity contribution >= 4 is 17.1 Å². The summed E-state index contributed by atoms with van der Waals surface area (Å²) in [6, 6.07) is 7.73. The van der Waals surface area contributed by atoms with Gasteiger partial charge in [-0.25, -0.2) is 9.78 Å². The number of hydrogen-bond acceptors (Lipinski definition) is 2. The number of nitrogens with zero attached hydrogens (tertiary/aromatic N) is 2. The molecule has 3 rings (SSSR count). The Bertz CT molecular complexity index is 583. The van der Waals surface area contributed by atoms with Crippen molar-refractivity contribution in [2.45, 2.75) is 13.0 Å². The van der Waals surface area contributed by atoms with Crippen LogP contribution in [-0.2, 0) is 6.54 Å². The summed E-state index contributed by atoms with van der Waals surface area (Å²) in [5, 5.41) is 2.73. The summed E-state index contributed by atoms with van der Waals surface area (Å²) in [6.45, 7) is 4.93. The number of imidazole rings is 1. The Morgan fingerprint density at radius 2 is 2.22 bits per heavy atom. The number of fused-ring (bicyclic) bond motifs is 1. The Balaban J connectivity index is 1.79. The van der Waals surface area contributed by atoms with Gasteiger partial charge in [0.05, 0.1) is 17.6 Å². The van der Waals surface area contributed by atoms with E-state index in [1.807, 2.05) is 24.3 Å². The molecule has 0 bridgehead atoms. The summed E-state index contributed by atoms with van der Waals surface area (Å²) in [6.07, 6.45) is 0.784. The van der Waals surface area contributed by atoms with Crippen LogP contribution in [0.3, 0.4) is 0 Å². The number of benzene rings is 1. The minimum absolute atomic E-state index is 0.105. The van der Waals surface area contributed by atoms with Crippen LogP contribution in [0.4, 0.5) is 4.79 Å². The molecule has 1 aromatic heterocycles. The normalized spacial score (nSPS) is 16.1. The lowest BCUT2D eigenvalue weighted by Gasteiger charge is -2.27. The van der Waals surface area contributed by atoms with Crippen molar-refractivity contribution in [3.05, 3.63) is 42.4 Å². The maximum Gasteiger partial charge on any atom is 0.321 e. The number of amides is 2. The third-order valence-electron chi connectivity index (χ3n) is 3.03. The Morgan fingerprint density at radius 1 is 1.39 bits per heavy atom. The lowest BCUT2D eigenvalue weighted by molar-refractivity contribution is 0.189. The number of rotatable bonds is 2. The molecule has 1 saturated heterocycles. The Kier molecular flexibility index (Phi) is 2.51. The fourth-order valence-corrected chi connectivity index (χ4v) is 2.08. The highest BCUT2D eigenvalue weighted by Crippen LogP contribution is 2.14. The average molecular weight is 242 g/mol. The van der Waals surface area contributed by atoms with Crippen LogP contribution in [0.15, 0.2) is 36.5 Å². The van der Waals surface area contributed by atoms with Crippen LogP contribution in [0.25, 0.3) is 11.0 Å². The van der Waals surface area contributed by atoms with E-state index in [-0.39, 0.29) is 6.03 Å². The predicted octanol–water partition coefficient (Wildman–Crippen LogP) is 1.99. The lowest BCUT2D eigenvalue weighted by Crippen LogP contribution is -2.44. The van der Waals surface area contributed by atoms with Crippen LogP contribution < -0.4 is 5.32 Å². The van der Waals surface area contributed by atoms with E-state index in [9.17, 15) is 4.79 Å². The first-order chi connectivity index (χ1) is 8.72. The van der Waals surface area contributed by atoms with E-state index in [2.05, 4.69) is 21.9 Å². The first-order valence-electron chi connectivity index (χ1n) is 5.90. The summed E-state index contributed by atoms with van der Waals surface area (Å²) in [4.78, 5) is 21.1. The molecule has 18 heavy (non-hydrogen) atoms. The second-order valence-corrected chi connectivity index (χ2v) is 4.41. The number of para-hydroxylation sites is 2. The van der Waals surface area contributed by atoms with E-state index >= 15 is 0 Å². The van der Waals surface area contributed by atoms with E-state index in [0.29, 0.717) is 13.1 Å². The molecule has 0 radical (unpaired) electrons. The van der Waals surface area contributed by atoms with Crippen molar-refractivity contribution < 1.29 is 4.79 Å². The van der Waals surface area contributed by atoms with Crippen LogP contribution in [-0.4, -0.2) is 27.4 Å². The highest BCUT2D eigenvalue weighted by atomic mass is 16.2. The van der Waals surface area contributed by atoms with Gasteiger partial charge in [-0.1, -0.05) is 18.7 Å². The van der Waals surface area contributed by atoms with Crippen LogP contribution in [0, 0.1) is 0 Å². The molecule has 0 aliphatic carbocycles. The predicted molar refractivity (Wildman–Crippen MR) is 68.8 cm³/mol. The van der Waals surface area contributed by atoms with Gasteiger partial charge in [0.1, 0.15) is 5.82 Å². The molecule has 0 atom stereocenters. The van der Waals surface area contributed by atoms with Gasteiger partial charge in [-0.05, 0) is 12.1 Å². The fourth-order valence-electron chi connectivity index (χ4n) is 2.08. The number of aromatic nitrogens is 2. The van der Waals surface area contributed by atoms with Gasteiger partial charge in [0, 0.05) is 18.7 Å². The molecule has 1 aliphatic rings. The van der Waals surface area contributed by atoms with Gasteiger partial charge in [-0.2, -0.15) is 0 Å². The molecular weight excluding hydrogens is 228 g/mol. The molecule has 2 amide bonds. The molecular formula is C13H14N4O. The average Bonchev–Trinajstić information content (AvgIpc) is 2.75. The summed E-state index contributed by atoms with van der Waals surface area (Å²) in [7, 11) is 0. The number of H-pyrrole nitrogens is 1. The maximum atomic E-state index is 11.7. The highest BCUT2D eigenvalue weighted by Gasteiger charge is 2.20. The van der Waals surface area contributed by atoms with E-state index < -0.39 is 0 Å². The van der Waals surface area contributed by atoms with E-state index in [1.165, 1.54) is 0 Å². The first-order valence-corrected chi connectivity index (χ1v) is 5.90. The van der Waals surface area contributed by atoms with Crippen molar-refractivity contribution in [1.29, 1.82) is 0 Å². The molecule has 0 saturated carbocycles. The second-order valence-electron chi connectivity index (χ2n) is 4.41. The lowest BCUT2D eigenvalue weighted by atomic mass is 10.2. The Labute approximate surface area is 105 Å². The third-order valence-corrected chi connectivity index (χ3v) is 3.03. The van der Waals surface area contributed by atoms with Crippen molar-refractivity contribution in [2.24, 2.45) is 0 Å². The van der Waals surface area contributed by atoms with E-state index in [0.717, 1.165) is 29.0 Å². The summed E-state index contributed by atoms with van der Waals surface area (Å²) in [5.41, 5.74) is 2.70. The van der Waals surface area contributed by atoms with Crippen molar-refractivity contribution in [1.82, 2.24) is 20.2 Å². The zero-order chi connectivity index (χ0) is 12.5. The molecule has 92 valence electrons. The Morgan fingerprint density at radius 3 is 3.00 bits per heavy atom. The first kappa shape index (κ1) is 10.8. The molecule has 1 aliphatic heterocycles. The highest BCUT2D eigenvalue weighted by molar-refractivity contribution is 5.77. The Hall–Kier alpha value is -2.30. The van der Waals surface area contributed by atoms with E-state index in [4.69, 9.17) is 0 Å². The van der Waals surface area contributed by atoms with Gasteiger partial charge < -0.3 is 15.2 Å². The van der Waals surface area contributed by atoms with Crippen LogP contribution in [0.2, 0.25) is 0 Å². The number of carbonyl (C=O) groups is 1. The van der Waals surface area contributed by atoms with Crippen molar-refractivity contribution in [2.75, 3.05) is 6.54 Å². The molecule has 2 aromatic rings. The summed E-state index contributed by atoms with van der Waals surface area (Å²) >= 11 is 0. The molecule has 2 heterocycles. The molecule has 1 aromatic carbocycles. The number of nitrogens with one attached hydrogen (secondary N) is 2. The zero-order valence-electron chi connectivity index (χ0n) is 9.94. The fraction of sp³-hybridized carbons (Fsp3) is 0.231. The second kappa shape index (κ2) is 4.18. The SMILES string of the molecule is C=C1CCN(Cc2nc3ccccc3[nH]2)C(=O)N1. The standard InChI is InChI=1S/C13H14N4O/c1-9-6-7-17(13(18)14-9)8-12-15-10-4-2-3-5-11(10)16-12/h2-5H,1,6-8H2,(H,14,18)(H,15,16). The molecule has 0 spiro atoms. The quantitative estimate of drug-likeness (QED) is 0.846. The molecule has 5 heteroatoms. The van der Waals surface area contributed by atoms with Gasteiger partial charge in [-0.15, -0.1) is 0 Å². The van der Waals surface area contributed by atoms with E-state index in [1.54, 1.807) is 4.90 Å². The van der Waals surface area contributed by atoms with Gasteiger partial charge >= 0.3 is 6.03 Å². The van der Waals surface area contributed by atoms with Gasteiger partial charge in [0.25, 0.3) is 0 Å². The number of urea groups is 1. The number of carbonyl (C=O) groups excluding carboxylic acids is 1. The third kappa shape index (κ3) is 1.95. The smallest absolute Gasteiger partial charge is 0.321 e. The molecule has 1 fully saturated rings. The van der Waals surface area contributed by atoms with Crippen LogP contribution >= 0.6 is 0 Å². The van der Waals surface area contributed by atoms with Gasteiger partial charge in [0.15, 0.2) is 0 Å². The van der Waals surface area contributed by atoms with Gasteiger partial charge in [0.2, 0.25) is 0 Å². The number of aromatic amines is 1. The van der Waals surface area contributed by atoms with Crippen LogP contribution in [0.1, 0.15) is 12.2 Å². The summed E-state index contributed by atoms with van der Waals surface area (Å²) < 4.78 is 0. The van der Waals surface area contributed by atoms with Crippen molar-refractivity contribution in [3.63, 3.8) is 0 Å². The minimum atomic E-state index is -0.105. The number of hydrogen-bond donors (Lipinski definition) is 2.